The van der Waals surface area contributed by atoms with Crippen molar-refractivity contribution in [2.75, 3.05) is 12.3 Å². The van der Waals surface area contributed by atoms with Gasteiger partial charge in [0.25, 0.3) is 0 Å². The summed E-state index contributed by atoms with van der Waals surface area (Å²) < 4.78 is 110. The zero-order valence-electron chi connectivity index (χ0n) is 40.2. The summed E-state index contributed by atoms with van der Waals surface area (Å²) in [6.45, 7) is 26.1. The zero-order valence-corrected chi connectivity index (χ0v) is 42.0. The van der Waals surface area contributed by atoms with Gasteiger partial charge in [-0.25, -0.2) is 0 Å². The van der Waals surface area contributed by atoms with E-state index < -0.39 is 81.1 Å². The third-order valence-electron chi connectivity index (χ3n) is 14.0. The van der Waals surface area contributed by atoms with Crippen molar-refractivity contribution in [2.24, 2.45) is 0 Å². The number of halogens is 6. The maximum absolute atomic E-state index is 15.0. The predicted molar refractivity (Wildman–Crippen MR) is 249 cm³/mol. The van der Waals surface area contributed by atoms with Gasteiger partial charge in [-0.15, -0.1) is 0 Å². The number of carbonyl (C=O) groups is 2. The van der Waals surface area contributed by atoms with Gasteiger partial charge < -0.3 is 0 Å². The van der Waals surface area contributed by atoms with Gasteiger partial charge in [-0.3, -0.25) is 0 Å². The fraction of sp³-hybridized carbons (Fsp3) is 0.583. The van der Waals surface area contributed by atoms with Crippen LogP contribution in [0.1, 0.15) is 156 Å². The Morgan fingerprint density at radius 3 is 0.935 bits per heavy atom. The monoisotopic (exact) mass is 914 g/mol. The Kier molecular flexibility index (Phi) is 14.3. The van der Waals surface area contributed by atoms with Gasteiger partial charge >= 0.3 is 369 Å². The van der Waals surface area contributed by atoms with Crippen molar-refractivity contribution in [3.63, 3.8) is 0 Å². The van der Waals surface area contributed by atoms with Crippen LogP contribution in [0.4, 0.5) is 26.3 Å². The van der Waals surface area contributed by atoms with E-state index in [-0.39, 0.29) is 30.0 Å². The molecule has 0 atom stereocenters. The topological polar surface area (TPSA) is 61.8 Å². The number of hydrogen-bond acceptors (Lipinski definition) is 5. The summed E-state index contributed by atoms with van der Waals surface area (Å²) in [5.74, 6) is -1.33. The van der Waals surface area contributed by atoms with Gasteiger partial charge in [0, 0.05) is 0 Å². The van der Waals surface area contributed by atoms with E-state index in [0.717, 1.165) is 0 Å². The molecule has 348 valence electrons. The summed E-state index contributed by atoms with van der Waals surface area (Å²) in [7, 11) is -2.06. The van der Waals surface area contributed by atoms with Gasteiger partial charge in [0.15, 0.2) is 0 Å². The van der Waals surface area contributed by atoms with Gasteiger partial charge in [-0.2, -0.15) is 0 Å². The molecule has 0 unspecified atom stereocenters. The number of ketones is 2. The average molecular weight is 915 g/mol. The van der Waals surface area contributed by atoms with Gasteiger partial charge in [-0.1, -0.05) is 0 Å². The standard InChI is InChI=1S/C48H71BF6O5P2/c1-41(2,3)61(42(4,5)6,43(7,8)9,32-39(56)34-25-21-19-22-26-34)59-49(58-38-30-36(47(50,51)52)29-37(31-38)48(53,54)55)60-62(44(10,11)12,45(13,14)15,46(16,17)18)33-40(57)35-27-23-20-24-28-35/h19-31H,32-33H2,1-18H3. The molecule has 0 fully saturated rings. The van der Waals surface area contributed by atoms with E-state index in [1.807, 2.05) is 125 Å². The van der Waals surface area contributed by atoms with Gasteiger partial charge in [0.1, 0.15) is 0 Å². The number of rotatable bonds is 12. The van der Waals surface area contributed by atoms with Crippen LogP contribution >= 0.6 is 13.7 Å². The molecule has 62 heavy (non-hydrogen) atoms. The molecule has 0 bridgehead atoms. The Bertz CT molecular complexity index is 1860. The van der Waals surface area contributed by atoms with Crippen molar-refractivity contribution < 1.29 is 49.5 Å². The molecule has 0 spiro atoms. The quantitative estimate of drug-likeness (QED) is 0.0784. The fourth-order valence-corrected chi connectivity index (χ4v) is 31.4. The second kappa shape index (κ2) is 16.6. The van der Waals surface area contributed by atoms with Crippen LogP contribution in [0.2, 0.25) is 0 Å². The minimum atomic E-state index is -5.19. The molecule has 0 saturated heterocycles. The van der Waals surface area contributed by atoms with Gasteiger partial charge in [-0.05, 0) is 0 Å². The molecule has 14 heteroatoms. The Hall–Kier alpha value is -2.78. The molecular weight excluding hydrogens is 843 g/mol. The normalized spacial score (nSPS) is 15.5. The molecule has 0 aliphatic heterocycles. The van der Waals surface area contributed by atoms with Crippen LogP contribution in [0, 0.1) is 0 Å². The Morgan fingerprint density at radius 1 is 0.452 bits per heavy atom. The molecule has 3 aromatic rings. The van der Waals surface area contributed by atoms with Crippen LogP contribution in [-0.2, 0) is 21.2 Å². The molecule has 0 aliphatic rings. The third kappa shape index (κ3) is 8.58. The second-order valence-electron chi connectivity index (χ2n) is 22.7. The number of hydrogen-bond donors (Lipinski definition) is 0. The van der Waals surface area contributed by atoms with E-state index in [9.17, 15) is 35.9 Å². The maximum atomic E-state index is 15.0. The number of alkyl halides is 6. The van der Waals surface area contributed by atoms with E-state index in [1.165, 1.54) is 0 Å². The molecule has 3 rings (SSSR count). The van der Waals surface area contributed by atoms with Crippen molar-refractivity contribution >= 4 is 32.5 Å². The molecule has 0 amide bonds. The van der Waals surface area contributed by atoms with E-state index in [4.69, 9.17) is 13.5 Å². The van der Waals surface area contributed by atoms with Crippen molar-refractivity contribution in [2.45, 2.75) is 168 Å². The average Bonchev–Trinajstić information content (AvgIpc) is 3.07. The fourth-order valence-electron chi connectivity index (χ4n) is 12.0. The zero-order chi connectivity index (χ0) is 48.2. The van der Waals surface area contributed by atoms with Crippen LogP contribution < -0.4 is 4.65 Å². The molecular formula is C48H71BF6O5P2. The van der Waals surface area contributed by atoms with Crippen molar-refractivity contribution in [1.29, 1.82) is 0 Å². The first-order chi connectivity index (χ1) is 27.5. The van der Waals surface area contributed by atoms with E-state index >= 15 is 0 Å². The van der Waals surface area contributed by atoms with E-state index in [0.29, 0.717) is 23.3 Å². The molecule has 5 nitrogen and oxygen atoms in total. The number of Topliss-reactive ketones (excluding diaryl/α,β-unsaturated/α-hetero) is 2. The molecule has 0 aromatic heterocycles. The van der Waals surface area contributed by atoms with Crippen LogP contribution in [0.5, 0.6) is 5.75 Å². The third-order valence-corrected chi connectivity index (χ3v) is 34.1. The first-order valence-electron chi connectivity index (χ1n) is 21.1. The van der Waals surface area contributed by atoms with Gasteiger partial charge in [0.2, 0.25) is 0 Å². The molecule has 3 aromatic carbocycles. The SMILES string of the molecule is CC(C)(C)P(CC(=O)c1ccccc1)(OB(Oc1cc(C(F)(F)F)cc(C(F)(F)F)c1)OP(CC(=O)c1ccccc1)(C(C)(C)C)(C(C)(C)C)C(C)(C)C)(C(C)(C)C)C(C)(C)C. The summed E-state index contributed by atoms with van der Waals surface area (Å²) in [6, 6.07) is 18.5. The first kappa shape index (κ1) is 53.6. The summed E-state index contributed by atoms with van der Waals surface area (Å²) in [6.07, 6.45) is -10.8. The number of benzene rings is 3. The summed E-state index contributed by atoms with van der Waals surface area (Å²) in [5, 5.41) is -5.64. The van der Waals surface area contributed by atoms with E-state index in [2.05, 4.69) is 0 Å². The molecule has 0 saturated carbocycles. The molecule has 0 aliphatic carbocycles. The van der Waals surface area contributed by atoms with Crippen LogP contribution in [0.15, 0.2) is 78.9 Å². The first-order valence-corrected chi connectivity index (χ1v) is 25.7. The van der Waals surface area contributed by atoms with Crippen molar-refractivity contribution in [3.8, 4) is 5.75 Å². The van der Waals surface area contributed by atoms with E-state index in [1.54, 1.807) is 60.7 Å². The second-order valence-corrected chi connectivity index (χ2v) is 36.7. The van der Waals surface area contributed by atoms with Crippen LogP contribution in [0.25, 0.3) is 0 Å². The van der Waals surface area contributed by atoms with Crippen molar-refractivity contribution in [1.82, 2.24) is 0 Å². The summed E-state index contributed by atoms with van der Waals surface area (Å²) >= 11 is 0. The molecule has 0 heterocycles. The Labute approximate surface area is 368 Å². The van der Waals surface area contributed by atoms with Gasteiger partial charge in [0.05, 0.1) is 0 Å². The Balaban J connectivity index is 2.76. The summed E-state index contributed by atoms with van der Waals surface area (Å²) in [5.41, 5.74) is -2.36. The Morgan fingerprint density at radius 2 is 0.710 bits per heavy atom. The molecule has 0 N–H and O–H groups in total. The predicted octanol–water partition coefficient (Wildman–Crippen LogP) is 15.6. The molecule has 0 radical (unpaired) electrons. The van der Waals surface area contributed by atoms with Crippen molar-refractivity contribution in [3.05, 3.63) is 101 Å². The van der Waals surface area contributed by atoms with Crippen LogP contribution in [0.3, 0.4) is 0 Å². The van der Waals surface area contributed by atoms with Crippen LogP contribution in [-0.4, -0.2) is 62.1 Å². The summed E-state index contributed by atoms with van der Waals surface area (Å²) in [4.78, 5) is 29.9. The minimum absolute atomic E-state index is 0.0413. The number of carbonyl (C=O) groups excluding carboxylic acids is 2.